The molecule has 26 heavy (non-hydrogen) atoms. The molecule has 0 saturated heterocycles. The maximum Gasteiger partial charge on any atom is 0.130 e. The van der Waals surface area contributed by atoms with Gasteiger partial charge in [0, 0.05) is 17.9 Å². The van der Waals surface area contributed by atoms with Crippen molar-refractivity contribution in [1.29, 1.82) is 10.5 Å². The van der Waals surface area contributed by atoms with E-state index in [-0.39, 0.29) is 5.57 Å². The summed E-state index contributed by atoms with van der Waals surface area (Å²) < 4.78 is 5.72. The summed E-state index contributed by atoms with van der Waals surface area (Å²) in [5.74, 6) is 0.888. The van der Waals surface area contributed by atoms with Crippen LogP contribution in [0.25, 0.3) is 6.08 Å². The SMILES string of the molecule is CCCCOc1ccc(N(CC)c2ccc(C=C(C#N)C#N)cc2)cc1. The zero-order chi connectivity index (χ0) is 18.8. The van der Waals surface area contributed by atoms with E-state index in [2.05, 4.69) is 30.9 Å². The Hall–Kier alpha value is -3.24. The second-order valence-electron chi connectivity index (χ2n) is 5.81. The van der Waals surface area contributed by atoms with Gasteiger partial charge in [0.2, 0.25) is 0 Å². The first kappa shape index (κ1) is 19.1. The third-order valence-electron chi connectivity index (χ3n) is 3.99. The molecule has 2 aromatic carbocycles. The lowest BCUT2D eigenvalue weighted by atomic mass is 10.1. The molecule has 0 spiro atoms. The van der Waals surface area contributed by atoms with Crippen LogP contribution in [0.5, 0.6) is 5.75 Å². The van der Waals surface area contributed by atoms with Crippen LogP contribution in [0.15, 0.2) is 54.1 Å². The van der Waals surface area contributed by atoms with E-state index in [0.29, 0.717) is 0 Å². The minimum atomic E-state index is 0.101. The van der Waals surface area contributed by atoms with Crippen LogP contribution in [0.3, 0.4) is 0 Å². The molecule has 2 rings (SSSR count). The first-order valence-corrected chi connectivity index (χ1v) is 8.84. The third-order valence-corrected chi connectivity index (χ3v) is 3.99. The molecule has 0 atom stereocenters. The lowest BCUT2D eigenvalue weighted by molar-refractivity contribution is 0.309. The van der Waals surface area contributed by atoms with E-state index >= 15 is 0 Å². The van der Waals surface area contributed by atoms with E-state index in [1.54, 1.807) is 6.08 Å². The minimum absolute atomic E-state index is 0.101. The van der Waals surface area contributed by atoms with Gasteiger partial charge in [-0.3, -0.25) is 0 Å². The number of allylic oxidation sites excluding steroid dienone is 1. The fourth-order valence-corrected chi connectivity index (χ4v) is 2.58. The maximum absolute atomic E-state index is 8.85. The van der Waals surface area contributed by atoms with Crippen molar-refractivity contribution in [3.8, 4) is 17.9 Å². The van der Waals surface area contributed by atoms with E-state index < -0.39 is 0 Å². The van der Waals surface area contributed by atoms with Gasteiger partial charge in [-0.2, -0.15) is 10.5 Å². The number of rotatable bonds is 8. The molecule has 2 aromatic rings. The van der Waals surface area contributed by atoms with Crippen LogP contribution in [0.2, 0.25) is 0 Å². The van der Waals surface area contributed by atoms with Crippen LogP contribution >= 0.6 is 0 Å². The molecule has 0 aromatic heterocycles. The fourth-order valence-electron chi connectivity index (χ4n) is 2.58. The first-order valence-electron chi connectivity index (χ1n) is 8.84. The molecule has 0 unspecified atom stereocenters. The standard InChI is InChI=1S/C22H23N3O/c1-3-5-14-26-22-12-10-21(11-13-22)25(4-2)20-8-6-18(7-9-20)15-19(16-23)17-24/h6-13,15H,3-5,14H2,1-2H3. The van der Waals surface area contributed by atoms with Crippen LogP contribution in [0.1, 0.15) is 32.3 Å². The summed E-state index contributed by atoms with van der Waals surface area (Å²) in [7, 11) is 0. The number of nitriles is 2. The number of benzene rings is 2. The van der Waals surface area contributed by atoms with E-state index in [9.17, 15) is 0 Å². The van der Waals surface area contributed by atoms with Gasteiger partial charge in [-0.1, -0.05) is 25.5 Å². The van der Waals surface area contributed by atoms with Gasteiger partial charge in [-0.05, 0) is 61.4 Å². The Kier molecular flexibility index (Phi) is 7.28. The molecule has 0 fully saturated rings. The van der Waals surface area contributed by atoms with E-state index in [1.807, 2.05) is 48.5 Å². The second-order valence-corrected chi connectivity index (χ2v) is 5.81. The normalized spacial score (nSPS) is 9.69. The molecule has 0 N–H and O–H groups in total. The quantitative estimate of drug-likeness (QED) is 0.471. The Balaban J connectivity index is 2.14. The van der Waals surface area contributed by atoms with Gasteiger partial charge in [0.1, 0.15) is 23.5 Å². The number of hydrogen-bond acceptors (Lipinski definition) is 4. The second kappa shape index (κ2) is 9.91. The molecular formula is C22H23N3O. The predicted molar refractivity (Wildman–Crippen MR) is 105 cm³/mol. The zero-order valence-corrected chi connectivity index (χ0v) is 15.3. The molecule has 0 amide bonds. The Bertz CT molecular complexity index is 792. The number of ether oxygens (including phenoxy) is 1. The fraction of sp³-hybridized carbons (Fsp3) is 0.273. The number of unbranched alkanes of at least 4 members (excludes halogenated alkanes) is 1. The van der Waals surface area contributed by atoms with Crippen LogP contribution in [0.4, 0.5) is 11.4 Å². The highest BCUT2D eigenvalue weighted by atomic mass is 16.5. The average Bonchev–Trinajstić information content (AvgIpc) is 2.69. The molecule has 0 saturated carbocycles. The van der Waals surface area contributed by atoms with Crippen molar-refractivity contribution in [1.82, 2.24) is 0 Å². The number of nitrogens with zero attached hydrogens (tertiary/aromatic N) is 3. The number of hydrogen-bond donors (Lipinski definition) is 0. The van der Waals surface area contributed by atoms with Crippen molar-refractivity contribution in [2.45, 2.75) is 26.7 Å². The zero-order valence-electron chi connectivity index (χ0n) is 15.3. The average molecular weight is 345 g/mol. The van der Waals surface area contributed by atoms with Gasteiger partial charge >= 0.3 is 0 Å². The topological polar surface area (TPSA) is 60.0 Å². The molecule has 4 heteroatoms. The van der Waals surface area contributed by atoms with Gasteiger partial charge in [0.25, 0.3) is 0 Å². The number of anilines is 2. The maximum atomic E-state index is 8.85. The van der Waals surface area contributed by atoms with Crippen LogP contribution in [-0.4, -0.2) is 13.2 Å². The summed E-state index contributed by atoms with van der Waals surface area (Å²) in [5.41, 5.74) is 3.08. The summed E-state index contributed by atoms with van der Waals surface area (Å²) in [6.07, 6.45) is 3.77. The molecule has 4 nitrogen and oxygen atoms in total. The largest absolute Gasteiger partial charge is 0.494 e. The summed E-state index contributed by atoms with van der Waals surface area (Å²) in [6.45, 7) is 5.82. The lowest BCUT2D eigenvalue weighted by Gasteiger charge is -2.23. The van der Waals surface area contributed by atoms with Crippen LogP contribution in [0, 0.1) is 22.7 Å². The van der Waals surface area contributed by atoms with Gasteiger partial charge < -0.3 is 9.64 Å². The van der Waals surface area contributed by atoms with Crippen molar-refractivity contribution in [3.05, 3.63) is 59.7 Å². The van der Waals surface area contributed by atoms with Crippen molar-refractivity contribution < 1.29 is 4.74 Å². The van der Waals surface area contributed by atoms with Crippen molar-refractivity contribution in [3.63, 3.8) is 0 Å². The molecule has 0 aliphatic heterocycles. The monoisotopic (exact) mass is 345 g/mol. The van der Waals surface area contributed by atoms with Crippen molar-refractivity contribution in [2.75, 3.05) is 18.1 Å². The van der Waals surface area contributed by atoms with Gasteiger partial charge in [0.15, 0.2) is 0 Å². The summed E-state index contributed by atoms with van der Waals surface area (Å²) >= 11 is 0. The third kappa shape index (κ3) is 5.13. The Morgan fingerprint density at radius 1 is 0.962 bits per heavy atom. The van der Waals surface area contributed by atoms with Gasteiger partial charge in [0.05, 0.1) is 6.61 Å². The molecule has 132 valence electrons. The first-order chi connectivity index (χ1) is 12.7. The predicted octanol–water partition coefficient (Wildman–Crippen LogP) is 5.45. The highest BCUT2D eigenvalue weighted by molar-refractivity contribution is 5.68. The molecule has 0 radical (unpaired) electrons. The molecule has 0 bridgehead atoms. The molecule has 0 aliphatic carbocycles. The van der Waals surface area contributed by atoms with Gasteiger partial charge in [-0.25, -0.2) is 0 Å². The highest BCUT2D eigenvalue weighted by Gasteiger charge is 2.07. The Morgan fingerprint density at radius 3 is 2.04 bits per heavy atom. The lowest BCUT2D eigenvalue weighted by Crippen LogP contribution is -2.15. The van der Waals surface area contributed by atoms with Gasteiger partial charge in [-0.15, -0.1) is 0 Å². The Morgan fingerprint density at radius 2 is 1.54 bits per heavy atom. The summed E-state index contributed by atoms with van der Waals surface area (Å²) in [6, 6.07) is 19.7. The Labute approximate surface area is 155 Å². The smallest absolute Gasteiger partial charge is 0.130 e. The molecular weight excluding hydrogens is 322 g/mol. The summed E-state index contributed by atoms with van der Waals surface area (Å²) in [4.78, 5) is 2.19. The minimum Gasteiger partial charge on any atom is -0.494 e. The van der Waals surface area contributed by atoms with Crippen molar-refractivity contribution in [2.24, 2.45) is 0 Å². The van der Waals surface area contributed by atoms with Crippen LogP contribution < -0.4 is 9.64 Å². The summed E-state index contributed by atoms with van der Waals surface area (Å²) in [5, 5.41) is 17.7. The van der Waals surface area contributed by atoms with E-state index in [4.69, 9.17) is 15.3 Å². The van der Waals surface area contributed by atoms with E-state index in [1.165, 1.54) is 0 Å². The van der Waals surface area contributed by atoms with Crippen LogP contribution in [-0.2, 0) is 0 Å². The molecule has 0 aliphatic rings. The van der Waals surface area contributed by atoms with Crippen molar-refractivity contribution >= 4 is 17.5 Å². The molecule has 0 heterocycles. The van der Waals surface area contributed by atoms with E-state index in [0.717, 1.165) is 48.7 Å². The highest BCUT2D eigenvalue weighted by Crippen LogP contribution is 2.27.